The van der Waals surface area contributed by atoms with Crippen LogP contribution in [-0.2, 0) is 11.0 Å². The number of nitrogens with zero attached hydrogens (tertiary/aromatic N) is 2. The van der Waals surface area contributed by atoms with E-state index in [0.29, 0.717) is 6.07 Å². The molecular formula is C11H10F4N2O3. The van der Waals surface area contributed by atoms with Crippen molar-refractivity contribution in [3.8, 4) is 0 Å². The zero-order valence-corrected chi connectivity index (χ0v) is 10.0. The number of aromatic nitrogens is 1. The van der Waals surface area contributed by atoms with Crippen LogP contribution in [0, 0.1) is 11.2 Å². The van der Waals surface area contributed by atoms with Gasteiger partial charge < -0.3 is 15.0 Å². The van der Waals surface area contributed by atoms with Crippen molar-refractivity contribution in [2.75, 3.05) is 6.54 Å². The summed E-state index contributed by atoms with van der Waals surface area (Å²) in [6.45, 7) is -0.158. The molecule has 0 aromatic carbocycles. The monoisotopic (exact) mass is 294 g/mol. The molecule has 1 aromatic heterocycles. The van der Waals surface area contributed by atoms with Crippen molar-refractivity contribution in [2.45, 2.75) is 25.1 Å². The first kappa shape index (κ1) is 14.7. The number of quaternary nitrogens is 1. The number of carbonyl (C=O) groups is 1. The summed E-state index contributed by atoms with van der Waals surface area (Å²) in [6, 6.07) is -0.230. The summed E-state index contributed by atoms with van der Waals surface area (Å²) in [6.07, 6.45) is -4.56. The molecule has 0 spiro atoms. The lowest BCUT2D eigenvalue weighted by atomic mass is 10.2. The minimum Gasteiger partial charge on any atom is -0.626 e. The van der Waals surface area contributed by atoms with Gasteiger partial charge >= 0.3 is 12.1 Å². The van der Waals surface area contributed by atoms with Gasteiger partial charge in [-0.05, 0) is 6.07 Å². The number of aliphatic carboxylic acids is 1. The summed E-state index contributed by atoms with van der Waals surface area (Å²) in [5.74, 6) is -3.75. The topological polar surface area (TPSA) is 73.2 Å². The van der Waals surface area contributed by atoms with Crippen LogP contribution in [-0.4, -0.2) is 28.6 Å². The highest BCUT2D eigenvalue weighted by Gasteiger charge is 2.44. The first-order valence-electron chi connectivity index (χ1n) is 5.72. The van der Waals surface area contributed by atoms with Gasteiger partial charge in [0.1, 0.15) is 5.56 Å². The van der Waals surface area contributed by atoms with Crippen LogP contribution in [0.5, 0.6) is 0 Å². The number of carboxylic acids is 1. The second kappa shape index (κ2) is 4.67. The van der Waals surface area contributed by atoms with Crippen LogP contribution < -0.4 is 4.65 Å². The fraction of sp³-hybridized carbons (Fsp3) is 0.455. The van der Waals surface area contributed by atoms with E-state index in [0.717, 1.165) is 6.07 Å². The lowest BCUT2D eigenvalue weighted by molar-refractivity contribution is -0.142. The summed E-state index contributed by atoms with van der Waals surface area (Å²) in [5, 5.41) is 21.4. The highest BCUT2D eigenvalue weighted by Crippen LogP contribution is 2.36. The van der Waals surface area contributed by atoms with E-state index in [1.807, 2.05) is 0 Å². The third-order valence-electron chi connectivity index (χ3n) is 3.28. The van der Waals surface area contributed by atoms with Crippen molar-refractivity contribution in [1.29, 1.82) is 0 Å². The van der Waals surface area contributed by atoms with Gasteiger partial charge in [-0.3, -0.25) is 0 Å². The largest absolute Gasteiger partial charge is 0.626 e. The normalized spacial score (nSPS) is 26.8. The number of hydrogen-bond acceptors (Lipinski definition) is 3. The van der Waals surface area contributed by atoms with Crippen LogP contribution >= 0.6 is 0 Å². The molecule has 0 saturated carbocycles. The third kappa shape index (κ3) is 2.34. The molecule has 1 fully saturated rings. The van der Waals surface area contributed by atoms with E-state index < -0.39 is 40.2 Å². The molecule has 0 amide bonds. The highest BCUT2D eigenvalue weighted by molar-refractivity contribution is 5.77. The summed E-state index contributed by atoms with van der Waals surface area (Å²) in [5.41, 5.74) is -1.58. The van der Waals surface area contributed by atoms with Gasteiger partial charge in [-0.2, -0.15) is 22.5 Å². The van der Waals surface area contributed by atoms with Gasteiger partial charge in [0.25, 0.3) is 0 Å². The highest BCUT2D eigenvalue weighted by atomic mass is 19.4. The Balaban J connectivity index is 2.44. The van der Waals surface area contributed by atoms with Crippen LogP contribution in [0.1, 0.15) is 18.4 Å². The van der Waals surface area contributed by atoms with Gasteiger partial charge in [0.05, 0.1) is 6.54 Å². The number of hydroxylamine groups is 2. The molecule has 20 heavy (non-hydrogen) atoms. The summed E-state index contributed by atoms with van der Waals surface area (Å²) >= 11 is 0. The maximum absolute atomic E-state index is 13.4. The fourth-order valence-corrected chi connectivity index (χ4v) is 2.31. The number of pyridine rings is 1. The lowest BCUT2D eigenvalue weighted by Gasteiger charge is -2.40. The molecule has 110 valence electrons. The van der Waals surface area contributed by atoms with E-state index >= 15 is 0 Å². The molecule has 2 heterocycles. The summed E-state index contributed by atoms with van der Waals surface area (Å²) in [4.78, 5) is 14.0. The van der Waals surface area contributed by atoms with E-state index in [4.69, 9.17) is 5.11 Å². The minimum atomic E-state index is -4.92. The van der Waals surface area contributed by atoms with E-state index in [-0.39, 0.29) is 19.4 Å². The molecule has 1 saturated heterocycles. The zero-order valence-electron chi connectivity index (χ0n) is 10.0. The van der Waals surface area contributed by atoms with Gasteiger partial charge in [-0.1, -0.05) is 0 Å². The average Bonchev–Trinajstić information content (AvgIpc) is 2.71. The van der Waals surface area contributed by atoms with Crippen molar-refractivity contribution in [3.05, 3.63) is 28.9 Å². The second-order valence-corrected chi connectivity index (χ2v) is 4.52. The number of hydrogen-bond donors (Lipinski definition) is 1. The molecule has 1 N–H and O–H groups in total. The van der Waals surface area contributed by atoms with Crippen LogP contribution in [0.4, 0.5) is 23.4 Å². The number of halogens is 4. The van der Waals surface area contributed by atoms with Crippen LogP contribution in [0.15, 0.2) is 12.1 Å². The lowest BCUT2D eigenvalue weighted by Crippen LogP contribution is -2.52. The van der Waals surface area contributed by atoms with Gasteiger partial charge in [-0.25, -0.2) is 4.79 Å². The van der Waals surface area contributed by atoms with E-state index in [1.54, 1.807) is 0 Å². The predicted molar refractivity (Wildman–Crippen MR) is 59.9 cm³/mol. The maximum Gasteiger partial charge on any atom is 0.420 e. The van der Waals surface area contributed by atoms with Crippen molar-refractivity contribution < 1.29 is 27.5 Å². The number of rotatable bonds is 2. The van der Waals surface area contributed by atoms with Crippen LogP contribution in [0.2, 0.25) is 0 Å². The number of carboxylic acid groups (broad SMARTS) is 1. The molecule has 5 nitrogen and oxygen atoms in total. The van der Waals surface area contributed by atoms with E-state index in [9.17, 15) is 27.6 Å². The van der Waals surface area contributed by atoms with Crippen molar-refractivity contribution >= 4 is 11.8 Å². The maximum atomic E-state index is 13.4. The van der Waals surface area contributed by atoms with Gasteiger partial charge in [0, 0.05) is 18.9 Å². The first-order chi connectivity index (χ1) is 9.16. The Kier molecular flexibility index (Phi) is 3.42. The Morgan fingerprint density at radius 1 is 1.45 bits per heavy atom. The van der Waals surface area contributed by atoms with E-state index in [1.165, 1.54) is 0 Å². The Morgan fingerprint density at radius 2 is 2.10 bits per heavy atom. The summed E-state index contributed by atoms with van der Waals surface area (Å²) < 4.78 is 49.1. The van der Waals surface area contributed by atoms with Crippen LogP contribution in [0.25, 0.3) is 0 Å². The van der Waals surface area contributed by atoms with Crippen LogP contribution in [0.3, 0.4) is 0 Å². The molecule has 1 aliphatic heterocycles. The van der Waals surface area contributed by atoms with Crippen molar-refractivity contribution in [1.82, 2.24) is 9.63 Å². The van der Waals surface area contributed by atoms with Gasteiger partial charge in [-0.15, -0.1) is 0 Å². The molecule has 1 aliphatic rings. The van der Waals surface area contributed by atoms with Gasteiger partial charge in [0.2, 0.25) is 11.8 Å². The molecular weight excluding hydrogens is 284 g/mol. The molecule has 0 radical (unpaired) electrons. The molecule has 2 unspecified atom stereocenters. The first-order valence-corrected chi connectivity index (χ1v) is 5.72. The second-order valence-electron chi connectivity index (χ2n) is 4.52. The standard InChI is InChI=1S/C11H10F4N2O3/c12-9-6(11(13,14)15)3-4-8(16-9)17(20)5-1-2-7(17)10(18)19/h3-4,7H,1-2,5H2,(H,18,19). The van der Waals surface area contributed by atoms with Gasteiger partial charge in [0.15, 0.2) is 6.04 Å². The quantitative estimate of drug-likeness (QED) is 0.393. The zero-order chi connectivity index (χ0) is 15.1. The fourth-order valence-electron chi connectivity index (χ4n) is 2.31. The molecule has 1 aromatic rings. The predicted octanol–water partition coefficient (Wildman–Crippen LogP) is 2.29. The molecule has 0 bridgehead atoms. The third-order valence-corrected chi connectivity index (χ3v) is 3.28. The molecule has 0 aliphatic carbocycles. The SMILES string of the molecule is O=C(O)C1CCC[N+]1([O-])c1ccc(C(F)(F)F)c(F)n1. The van der Waals surface area contributed by atoms with E-state index in [2.05, 4.69) is 4.98 Å². The van der Waals surface area contributed by atoms with Crippen molar-refractivity contribution in [3.63, 3.8) is 0 Å². The smallest absolute Gasteiger partial charge is 0.420 e. The summed E-state index contributed by atoms with van der Waals surface area (Å²) in [7, 11) is 0. The Hall–Kier alpha value is -1.74. The molecule has 2 atom stereocenters. The van der Waals surface area contributed by atoms with Crippen molar-refractivity contribution in [2.24, 2.45) is 0 Å². The molecule has 9 heteroatoms. The average molecular weight is 294 g/mol. The molecule has 2 rings (SSSR count). The Bertz CT molecular complexity index is 549. The minimum absolute atomic E-state index is 0.0726. The Morgan fingerprint density at radius 3 is 2.60 bits per heavy atom. The Labute approximate surface area is 110 Å². The number of alkyl halides is 3.